The summed E-state index contributed by atoms with van der Waals surface area (Å²) in [5.41, 5.74) is 1.68. The Morgan fingerprint density at radius 2 is 1.38 bits per heavy atom. The standard InChI is InChI=1S/C18H22N2O4S2/c1-15-4-8-17(9-5-15)25(21,22)19-14-16-6-10-18(11-7-16)26(23,24)20-12-2-3-13-20/h4-11,19H,2-3,12-14H2,1H3. The van der Waals surface area contributed by atoms with Crippen LogP contribution in [0.25, 0.3) is 0 Å². The first-order valence-electron chi connectivity index (χ1n) is 8.44. The molecule has 1 fully saturated rings. The van der Waals surface area contributed by atoms with E-state index in [4.69, 9.17) is 0 Å². The molecule has 0 saturated carbocycles. The van der Waals surface area contributed by atoms with Crippen LogP contribution in [0.15, 0.2) is 58.3 Å². The van der Waals surface area contributed by atoms with Crippen molar-refractivity contribution in [3.8, 4) is 0 Å². The molecule has 0 amide bonds. The molecule has 8 heteroatoms. The summed E-state index contributed by atoms with van der Waals surface area (Å²) in [4.78, 5) is 0.445. The molecule has 1 N–H and O–H groups in total. The fourth-order valence-corrected chi connectivity index (χ4v) is 5.37. The molecule has 0 aromatic heterocycles. The second-order valence-electron chi connectivity index (χ2n) is 6.39. The second kappa shape index (κ2) is 7.48. The molecular formula is C18H22N2O4S2. The zero-order valence-corrected chi connectivity index (χ0v) is 16.2. The quantitative estimate of drug-likeness (QED) is 0.815. The fourth-order valence-electron chi connectivity index (χ4n) is 2.84. The third-order valence-electron chi connectivity index (χ3n) is 4.42. The van der Waals surface area contributed by atoms with Crippen LogP contribution in [-0.2, 0) is 26.6 Å². The summed E-state index contributed by atoms with van der Waals surface area (Å²) in [6.45, 7) is 3.10. The Morgan fingerprint density at radius 1 is 0.846 bits per heavy atom. The lowest BCUT2D eigenvalue weighted by Crippen LogP contribution is -2.28. The van der Waals surface area contributed by atoms with Gasteiger partial charge in [-0.2, -0.15) is 4.31 Å². The number of nitrogens with zero attached hydrogens (tertiary/aromatic N) is 1. The van der Waals surface area contributed by atoms with E-state index in [2.05, 4.69) is 4.72 Å². The maximum Gasteiger partial charge on any atom is 0.243 e. The Hall–Kier alpha value is -1.74. The van der Waals surface area contributed by atoms with Crippen LogP contribution in [0.1, 0.15) is 24.0 Å². The topological polar surface area (TPSA) is 83.5 Å². The molecule has 1 heterocycles. The van der Waals surface area contributed by atoms with E-state index in [1.807, 2.05) is 6.92 Å². The monoisotopic (exact) mass is 394 g/mol. The molecule has 0 bridgehead atoms. The Labute approximate surface area is 155 Å². The van der Waals surface area contributed by atoms with Gasteiger partial charge in [0.25, 0.3) is 0 Å². The van der Waals surface area contributed by atoms with Gasteiger partial charge in [-0.1, -0.05) is 29.8 Å². The van der Waals surface area contributed by atoms with Crippen molar-refractivity contribution < 1.29 is 16.8 Å². The molecule has 0 spiro atoms. The normalized spacial score (nSPS) is 16.0. The van der Waals surface area contributed by atoms with Gasteiger partial charge in [-0.05, 0) is 49.6 Å². The van der Waals surface area contributed by atoms with Crippen molar-refractivity contribution in [1.82, 2.24) is 9.03 Å². The van der Waals surface area contributed by atoms with Gasteiger partial charge in [0.1, 0.15) is 0 Å². The lowest BCUT2D eigenvalue weighted by atomic mass is 10.2. The average molecular weight is 395 g/mol. The first-order chi connectivity index (χ1) is 12.3. The summed E-state index contributed by atoms with van der Waals surface area (Å²) in [7, 11) is -7.05. The van der Waals surface area contributed by atoms with Gasteiger partial charge in [-0.15, -0.1) is 0 Å². The number of rotatable bonds is 6. The van der Waals surface area contributed by atoms with Crippen LogP contribution in [0, 0.1) is 6.92 Å². The molecule has 0 aliphatic carbocycles. The third kappa shape index (κ3) is 4.15. The summed E-state index contributed by atoms with van der Waals surface area (Å²) < 4.78 is 53.6. The molecule has 140 valence electrons. The van der Waals surface area contributed by atoms with Crippen molar-refractivity contribution in [3.05, 3.63) is 59.7 Å². The first-order valence-corrected chi connectivity index (χ1v) is 11.4. The lowest BCUT2D eigenvalue weighted by Gasteiger charge is -2.15. The van der Waals surface area contributed by atoms with Gasteiger partial charge in [0.15, 0.2) is 0 Å². The molecule has 1 saturated heterocycles. The van der Waals surface area contributed by atoms with E-state index in [-0.39, 0.29) is 16.3 Å². The zero-order valence-electron chi connectivity index (χ0n) is 14.6. The first kappa shape index (κ1) is 19.0. The number of aryl methyl sites for hydroxylation is 1. The SMILES string of the molecule is Cc1ccc(S(=O)(=O)NCc2ccc(S(=O)(=O)N3CCCC3)cc2)cc1. The molecule has 1 aliphatic rings. The summed E-state index contributed by atoms with van der Waals surface area (Å²) >= 11 is 0. The van der Waals surface area contributed by atoms with Crippen LogP contribution < -0.4 is 4.72 Å². The fraction of sp³-hybridized carbons (Fsp3) is 0.333. The number of hydrogen-bond acceptors (Lipinski definition) is 4. The lowest BCUT2D eigenvalue weighted by molar-refractivity contribution is 0.477. The molecule has 0 atom stereocenters. The second-order valence-corrected chi connectivity index (χ2v) is 10.1. The van der Waals surface area contributed by atoms with Crippen LogP contribution in [0.5, 0.6) is 0 Å². The van der Waals surface area contributed by atoms with Gasteiger partial charge < -0.3 is 0 Å². The van der Waals surface area contributed by atoms with Crippen molar-refractivity contribution in [2.24, 2.45) is 0 Å². The summed E-state index contributed by atoms with van der Waals surface area (Å²) in [5.74, 6) is 0. The maximum absolute atomic E-state index is 12.5. The van der Waals surface area contributed by atoms with Crippen LogP contribution in [-0.4, -0.2) is 34.2 Å². The molecule has 3 rings (SSSR count). The summed E-state index contributed by atoms with van der Waals surface area (Å²) in [6.07, 6.45) is 1.77. The molecule has 6 nitrogen and oxygen atoms in total. The minimum absolute atomic E-state index is 0.0975. The van der Waals surface area contributed by atoms with Crippen LogP contribution in [0.4, 0.5) is 0 Å². The number of nitrogens with one attached hydrogen (secondary N) is 1. The van der Waals surface area contributed by atoms with Gasteiger partial charge in [0, 0.05) is 19.6 Å². The van der Waals surface area contributed by atoms with E-state index in [9.17, 15) is 16.8 Å². The molecule has 2 aromatic carbocycles. The van der Waals surface area contributed by atoms with Crippen molar-refractivity contribution >= 4 is 20.0 Å². The zero-order chi connectivity index (χ0) is 18.8. The molecule has 0 unspecified atom stereocenters. The minimum Gasteiger partial charge on any atom is -0.207 e. The minimum atomic E-state index is -3.60. The summed E-state index contributed by atoms with van der Waals surface area (Å²) in [5, 5.41) is 0. The Morgan fingerprint density at radius 3 is 1.96 bits per heavy atom. The van der Waals surface area contributed by atoms with Gasteiger partial charge in [-0.3, -0.25) is 0 Å². The Kier molecular flexibility index (Phi) is 5.47. The predicted octanol–water partition coefficient (Wildman–Crippen LogP) is 2.26. The van der Waals surface area contributed by atoms with Gasteiger partial charge in [0.2, 0.25) is 20.0 Å². The number of sulfonamides is 2. The largest absolute Gasteiger partial charge is 0.243 e. The van der Waals surface area contributed by atoms with E-state index in [1.54, 1.807) is 36.4 Å². The highest BCUT2D eigenvalue weighted by Gasteiger charge is 2.26. The Balaban J connectivity index is 1.69. The predicted molar refractivity (Wildman–Crippen MR) is 99.6 cm³/mol. The average Bonchev–Trinajstić information content (AvgIpc) is 3.16. The summed E-state index contributed by atoms with van der Waals surface area (Å²) in [6, 6.07) is 12.9. The maximum atomic E-state index is 12.5. The van der Waals surface area contributed by atoms with E-state index < -0.39 is 20.0 Å². The van der Waals surface area contributed by atoms with Crippen LogP contribution in [0.2, 0.25) is 0 Å². The van der Waals surface area contributed by atoms with Crippen molar-refractivity contribution in [2.75, 3.05) is 13.1 Å². The van der Waals surface area contributed by atoms with Gasteiger partial charge in [-0.25, -0.2) is 21.6 Å². The highest BCUT2D eigenvalue weighted by Crippen LogP contribution is 2.21. The van der Waals surface area contributed by atoms with Crippen LogP contribution >= 0.6 is 0 Å². The van der Waals surface area contributed by atoms with Gasteiger partial charge >= 0.3 is 0 Å². The number of hydrogen-bond donors (Lipinski definition) is 1. The third-order valence-corrected chi connectivity index (χ3v) is 7.75. The Bertz CT molecular complexity index is 961. The molecule has 1 aliphatic heterocycles. The molecule has 0 radical (unpaired) electrons. The van der Waals surface area contributed by atoms with Crippen molar-refractivity contribution in [1.29, 1.82) is 0 Å². The van der Waals surface area contributed by atoms with E-state index in [0.29, 0.717) is 18.7 Å². The highest BCUT2D eigenvalue weighted by atomic mass is 32.2. The van der Waals surface area contributed by atoms with Crippen LogP contribution in [0.3, 0.4) is 0 Å². The van der Waals surface area contributed by atoms with Gasteiger partial charge in [0.05, 0.1) is 9.79 Å². The van der Waals surface area contributed by atoms with E-state index in [1.165, 1.54) is 16.4 Å². The number of benzene rings is 2. The van der Waals surface area contributed by atoms with E-state index in [0.717, 1.165) is 18.4 Å². The highest BCUT2D eigenvalue weighted by molar-refractivity contribution is 7.89. The molecule has 26 heavy (non-hydrogen) atoms. The van der Waals surface area contributed by atoms with E-state index >= 15 is 0 Å². The van der Waals surface area contributed by atoms with Crippen molar-refractivity contribution in [2.45, 2.75) is 36.1 Å². The van der Waals surface area contributed by atoms with Crippen molar-refractivity contribution in [3.63, 3.8) is 0 Å². The molecule has 2 aromatic rings. The molecular weight excluding hydrogens is 372 g/mol. The smallest absolute Gasteiger partial charge is 0.207 e.